The number of benzene rings is 2. The molecule has 1 aliphatic rings. The molecule has 1 fully saturated rings. The highest BCUT2D eigenvalue weighted by Gasteiger charge is 2.35. The van der Waals surface area contributed by atoms with Crippen LogP contribution < -0.4 is 10.6 Å². The van der Waals surface area contributed by atoms with Crippen molar-refractivity contribution in [3.05, 3.63) is 97.1 Å². The fourth-order valence-electron chi connectivity index (χ4n) is 5.62. The molecule has 3 rings (SSSR count). The molecule has 1 aliphatic carbocycles. The van der Waals surface area contributed by atoms with Crippen LogP contribution in [0.2, 0.25) is 0 Å². The van der Waals surface area contributed by atoms with Crippen LogP contribution in [0.4, 0.5) is 0 Å². The van der Waals surface area contributed by atoms with Crippen LogP contribution in [-0.2, 0) is 25.5 Å². The first-order chi connectivity index (χ1) is 20.4. The van der Waals surface area contributed by atoms with Crippen LogP contribution in [0, 0.1) is 11.8 Å². The Morgan fingerprint density at radius 3 is 2.24 bits per heavy atom. The number of carbonyl (C=O) groups is 3. The largest absolute Gasteiger partial charge is 0.463 e. The molecule has 0 bridgehead atoms. The van der Waals surface area contributed by atoms with Crippen molar-refractivity contribution < 1.29 is 24.2 Å². The highest BCUT2D eigenvalue weighted by molar-refractivity contribution is 5.86. The lowest BCUT2D eigenvalue weighted by Crippen LogP contribution is -2.50. The number of hydrogen-bond donors (Lipinski definition) is 3. The van der Waals surface area contributed by atoms with Crippen LogP contribution in [-0.4, -0.2) is 41.6 Å². The molecular weight excluding hydrogens is 528 g/mol. The van der Waals surface area contributed by atoms with E-state index in [-0.39, 0.29) is 43.3 Å². The van der Waals surface area contributed by atoms with Gasteiger partial charge in [0, 0.05) is 6.42 Å². The van der Waals surface area contributed by atoms with E-state index in [1.807, 2.05) is 66.7 Å². The third-order valence-corrected chi connectivity index (χ3v) is 8.05. The Bertz CT molecular complexity index is 1140. The van der Waals surface area contributed by atoms with E-state index in [1.165, 1.54) is 0 Å². The lowest BCUT2D eigenvalue weighted by Gasteiger charge is -2.29. The summed E-state index contributed by atoms with van der Waals surface area (Å²) in [4.78, 5) is 39.8. The zero-order valence-electron chi connectivity index (χ0n) is 24.6. The number of ether oxygens (including phenoxy) is 1. The predicted octanol–water partition coefficient (Wildman–Crippen LogP) is 5.61. The van der Waals surface area contributed by atoms with Gasteiger partial charge in [-0.25, -0.2) is 0 Å². The molecule has 7 heteroatoms. The molecule has 0 radical (unpaired) electrons. The maximum Gasteiger partial charge on any atom is 0.309 e. The van der Waals surface area contributed by atoms with Gasteiger partial charge in [-0.15, -0.1) is 13.2 Å². The van der Waals surface area contributed by atoms with E-state index in [2.05, 4.69) is 23.8 Å². The van der Waals surface area contributed by atoms with Crippen molar-refractivity contribution in [2.24, 2.45) is 11.8 Å². The predicted molar refractivity (Wildman–Crippen MR) is 165 cm³/mol. The van der Waals surface area contributed by atoms with E-state index in [4.69, 9.17) is 4.74 Å². The molecule has 0 aromatic heterocycles. The number of amides is 2. The second-order valence-electron chi connectivity index (χ2n) is 11.3. The number of rotatable bonds is 18. The minimum Gasteiger partial charge on any atom is -0.463 e. The molecule has 3 atom stereocenters. The van der Waals surface area contributed by atoms with Gasteiger partial charge in [-0.1, -0.05) is 85.7 Å². The van der Waals surface area contributed by atoms with Gasteiger partial charge < -0.3 is 20.5 Å². The van der Waals surface area contributed by atoms with Crippen LogP contribution in [0.25, 0.3) is 0 Å². The Hall–Kier alpha value is -3.71. The summed E-state index contributed by atoms with van der Waals surface area (Å²) in [5, 5.41) is 15.9. The average Bonchev–Trinajstić information content (AvgIpc) is 3.48. The van der Waals surface area contributed by atoms with Crippen molar-refractivity contribution in [3.63, 3.8) is 0 Å². The van der Waals surface area contributed by atoms with Crippen LogP contribution in [0.15, 0.2) is 86.0 Å². The molecule has 0 unspecified atom stereocenters. The van der Waals surface area contributed by atoms with Crippen molar-refractivity contribution in [2.45, 2.75) is 75.8 Å². The van der Waals surface area contributed by atoms with E-state index in [1.54, 1.807) is 6.08 Å². The minimum atomic E-state index is -0.647. The topological polar surface area (TPSA) is 105 Å². The van der Waals surface area contributed by atoms with Gasteiger partial charge in [-0.2, -0.15) is 0 Å². The maximum absolute atomic E-state index is 13.5. The summed E-state index contributed by atoms with van der Waals surface area (Å²) in [6.07, 6.45) is 10.0. The Kier molecular flexibility index (Phi) is 13.5. The zero-order valence-corrected chi connectivity index (χ0v) is 24.6. The molecule has 1 saturated carbocycles. The highest BCUT2D eigenvalue weighted by atomic mass is 16.5. The summed E-state index contributed by atoms with van der Waals surface area (Å²) in [5.74, 6) is -1.84. The first-order valence-electron chi connectivity index (χ1n) is 15.1. The SMILES string of the molecule is C=CCCC[C@H](Cc1ccccc1)C(=O)OC[C@H](NC(=O)[C@H](CC=C)CC(=O)NC1(CO)CCCC1)c1ccccc1. The van der Waals surface area contributed by atoms with Crippen molar-refractivity contribution in [2.75, 3.05) is 13.2 Å². The number of nitrogens with one attached hydrogen (secondary N) is 2. The molecule has 2 aromatic rings. The van der Waals surface area contributed by atoms with E-state index < -0.39 is 17.5 Å². The van der Waals surface area contributed by atoms with Crippen LogP contribution in [0.5, 0.6) is 0 Å². The summed E-state index contributed by atoms with van der Waals surface area (Å²) in [6.45, 7) is 7.42. The van der Waals surface area contributed by atoms with Crippen LogP contribution in [0.3, 0.4) is 0 Å². The Morgan fingerprint density at radius 1 is 0.952 bits per heavy atom. The standard InChI is InChI=1S/C35H46N2O5/c1-3-5-8-20-30(23-27-16-9-6-10-17-27)34(41)42-25-31(28-18-11-7-12-19-28)36-33(40)29(15-4-2)24-32(39)37-35(26-38)21-13-14-22-35/h3-4,6-7,9-12,16-19,29-31,38H,1-2,5,8,13-15,20-26H2,(H,36,40)(H,37,39)/t29-,30-,31+/m1/s1. The lowest BCUT2D eigenvalue weighted by atomic mass is 9.94. The molecule has 0 aliphatic heterocycles. The first-order valence-corrected chi connectivity index (χ1v) is 15.1. The summed E-state index contributed by atoms with van der Waals surface area (Å²) in [7, 11) is 0. The van der Waals surface area contributed by atoms with Crippen molar-refractivity contribution >= 4 is 17.8 Å². The molecule has 2 aromatic carbocycles. The van der Waals surface area contributed by atoms with E-state index in [0.717, 1.165) is 49.7 Å². The summed E-state index contributed by atoms with van der Waals surface area (Å²) >= 11 is 0. The van der Waals surface area contributed by atoms with Gasteiger partial charge in [0.25, 0.3) is 0 Å². The van der Waals surface area contributed by atoms with Gasteiger partial charge in [-0.3, -0.25) is 14.4 Å². The van der Waals surface area contributed by atoms with Crippen molar-refractivity contribution in [3.8, 4) is 0 Å². The maximum atomic E-state index is 13.5. The monoisotopic (exact) mass is 574 g/mol. The molecule has 3 N–H and O–H groups in total. The summed E-state index contributed by atoms with van der Waals surface area (Å²) in [6, 6.07) is 18.7. The van der Waals surface area contributed by atoms with E-state index in [9.17, 15) is 19.5 Å². The number of esters is 1. The molecule has 7 nitrogen and oxygen atoms in total. The second-order valence-corrected chi connectivity index (χ2v) is 11.3. The third kappa shape index (κ3) is 10.3. The van der Waals surface area contributed by atoms with Gasteiger partial charge in [0.1, 0.15) is 6.61 Å². The number of aliphatic hydroxyl groups excluding tert-OH is 1. The molecular formula is C35H46N2O5. The number of aliphatic hydroxyl groups is 1. The molecule has 0 spiro atoms. The smallest absolute Gasteiger partial charge is 0.309 e. The molecule has 226 valence electrons. The molecule has 0 heterocycles. The summed E-state index contributed by atoms with van der Waals surface area (Å²) in [5.41, 5.74) is 1.27. The van der Waals surface area contributed by atoms with Crippen LogP contribution in [0.1, 0.15) is 75.0 Å². The number of carbonyl (C=O) groups excluding carboxylic acids is 3. The fourth-order valence-corrected chi connectivity index (χ4v) is 5.62. The summed E-state index contributed by atoms with van der Waals surface area (Å²) < 4.78 is 5.86. The molecule has 2 amide bonds. The van der Waals surface area contributed by atoms with Gasteiger partial charge in [-0.05, 0) is 56.1 Å². The minimum absolute atomic E-state index is 0.0245. The highest BCUT2D eigenvalue weighted by Crippen LogP contribution is 2.29. The molecule has 42 heavy (non-hydrogen) atoms. The Balaban J connectivity index is 1.68. The first kappa shape index (κ1) is 32.8. The average molecular weight is 575 g/mol. The Labute approximate surface area is 250 Å². The lowest BCUT2D eigenvalue weighted by molar-refractivity contribution is -0.150. The second kappa shape index (κ2) is 17.3. The molecule has 0 saturated heterocycles. The number of unbranched alkanes of at least 4 members (excludes halogenated alkanes) is 1. The zero-order chi connectivity index (χ0) is 30.2. The van der Waals surface area contributed by atoms with Gasteiger partial charge in [0.15, 0.2) is 0 Å². The van der Waals surface area contributed by atoms with Gasteiger partial charge >= 0.3 is 5.97 Å². The Morgan fingerprint density at radius 2 is 1.62 bits per heavy atom. The van der Waals surface area contributed by atoms with Crippen LogP contribution >= 0.6 is 0 Å². The third-order valence-electron chi connectivity index (χ3n) is 8.05. The quantitative estimate of drug-likeness (QED) is 0.122. The van der Waals surface area contributed by atoms with E-state index in [0.29, 0.717) is 19.3 Å². The van der Waals surface area contributed by atoms with E-state index >= 15 is 0 Å². The number of hydrogen-bond acceptors (Lipinski definition) is 5. The van der Waals surface area contributed by atoms with Gasteiger partial charge in [0.2, 0.25) is 11.8 Å². The van der Waals surface area contributed by atoms with Crippen molar-refractivity contribution in [1.29, 1.82) is 0 Å². The van der Waals surface area contributed by atoms with Gasteiger partial charge in [0.05, 0.1) is 30.0 Å². The van der Waals surface area contributed by atoms with Crippen molar-refractivity contribution in [1.82, 2.24) is 10.6 Å². The normalized spacial score (nSPS) is 16.0. The fraction of sp³-hybridized carbons (Fsp3) is 0.457. The number of allylic oxidation sites excluding steroid dienone is 2.